The van der Waals surface area contributed by atoms with E-state index in [0.717, 1.165) is 11.3 Å². The highest BCUT2D eigenvalue weighted by atomic mass is 35.5. The summed E-state index contributed by atoms with van der Waals surface area (Å²) >= 11 is 6.02. The van der Waals surface area contributed by atoms with Crippen molar-refractivity contribution in [3.05, 3.63) is 51.2 Å². The van der Waals surface area contributed by atoms with E-state index in [1.807, 2.05) is 26.0 Å². The molecule has 5 nitrogen and oxygen atoms in total. The van der Waals surface area contributed by atoms with Gasteiger partial charge in [0.25, 0.3) is 5.56 Å². The van der Waals surface area contributed by atoms with Gasteiger partial charge < -0.3 is 5.32 Å². The number of hydrogen-bond acceptors (Lipinski definition) is 4. The Balaban J connectivity index is 2.14. The maximum absolute atomic E-state index is 11.8. The summed E-state index contributed by atoms with van der Waals surface area (Å²) < 4.78 is 1.32. The monoisotopic (exact) mass is 278 g/mol. The van der Waals surface area contributed by atoms with E-state index >= 15 is 0 Å². The lowest BCUT2D eigenvalue weighted by atomic mass is 10.2. The highest BCUT2D eigenvalue weighted by Crippen LogP contribution is 2.16. The number of nitrogens with one attached hydrogen (secondary N) is 1. The number of aryl methyl sites for hydroxylation is 2. The number of rotatable bonds is 4. The Morgan fingerprint density at radius 1 is 1.37 bits per heavy atom. The summed E-state index contributed by atoms with van der Waals surface area (Å²) in [5.41, 5.74) is 2.24. The van der Waals surface area contributed by atoms with Gasteiger partial charge >= 0.3 is 0 Å². The van der Waals surface area contributed by atoms with Gasteiger partial charge in [0.15, 0.2) is 0 Å². The van der Waals surface area contributed by atoms with E-state index < -0.39 is 0 Å². The first-order valence-corrected chi connectivity index (χ1v) is 6.40. The molecule has 100 valence electrons. The van der Waals surface area contributed by atoms with Gasteiger partial charge in [0.2, 0.25) is 0 Å². The topological polar surface area (TPSA) is 59.8 Å². The van der Waals surface area contributed by atoms with E-state index in [1.165, 1.54) is 4.68 Å². The first-order valence-electron chi connectivity index (χ1n) is 6.03. The lowest BCUT2D eigenvalue weighted by Crippen LogP contribution is -2.23. The molecule has 0 spiro atoms. The minimum absolute atomic E-state index is 0.164. The van der Waals surface area contributed by atoms with Gasteiger partial charge in [-0.3, -0.25) is 9.78 Å². The molecule has 0 aliphatic rings. The van der Waals surface area contributed by atoms with Crippen LogP contribution in [-0.2, 0) is 13.1 Å². The third kappa shape index (κ3) is 3.12. The van der Waals surface area contributed by atoms with Crippen LogP contribution in [0.2, 0.25) is 5.02 Å². The summed E-state index contributed by atoms with van der Waals surface area (Å²) in [5.74, 6) is 0. The fourth-order valence-corrected chi connectivity index (χ4v) is 1.83. The number of halogens is 1. The van der Waals surface area contributed by atoms with Crippen molar-refractivity contribution in [1.82, 2.24) is 14.8 Å². The van der Waals surface area contributed by atoms with E-state index in [2.05, 4.69) is 15.4 Å². The maximum atomic E-state index is 11.8. The predicted octanol–water partition coefficient (Wildman–Crippen LogP) is 2.23. The molecular formula is C13H15ClN4O. The smallest absolute Gasteiger partial charge is 0.287 e. The molecule has 0 bridgehead atoms. The second kappa shape index (κ2) is 5.84. The molecule has 2 heterocycles. The maximum Gasteiger partial charge on any atom is 0.287 e. The fraction of sp³-hybridized carbons (Fsp3) is 0.308. The molecule has 0 radical (unpaired) electrons. The molecular weight excluding hydrogens is 264 g/mol. The first kappa shape index (κ1) is 13.5. The zero-order chi connectivity index (χ0) is 13.8. The summed E-state index contributed by atoms with van der Waals surface area (Å²) in [6.07, 6.45) is 3.35. The Morgan fingerprint density at radius 3 is 2.79 bits per heavy atom. The number of aromatic nitrogens is 3. The number of hydrogen-bond donors (Lipinski definition) is 1. The van der Waals surface area contributed by atoms with E-state index in [9.17, 15) is 4.79 Å². The Bertz CT molecular complexity index is 622. The SMILES string of the molecule is CCn1ncc(NCc2ccc(C)nc2)c(Cl)c1=O. The van der Waals surface area contributed by atoms with Crippen LogP contribution < -0.4 is 10.9 Å². The van der Waals surface area contributed by atoms with Crippen LogP contribution in [0, 0.1) is 6.92 Å². The number of pyridine rings is 1. The second-order valence-corrected chi connectivity index (χ2v) is 4.53. The fourth-order valence-electron chi connectivity index (χ4n) is 1.61. The van der Waals surface area contributed by atoms with Gasteiger partial charge in [-0.15, -0.1) is 0 Å². The van der Waals surface area contributed by atoms with Crippen molar-refractivity contribution in [3.8, 4) is 0 Å². The molecule has 0 atom stereocenters. The average Bonchev–Trinajstić information content (AvgIpc) is 2.42. The molecule has 19 heavy (non-hydrogen) atoms. The van der Waals surface area contributed by atoms with Crippen LogP contribution in [0.1, 0.15) is 18.2 Å². The van der Waals surface area contributed by atoms with Crippen LogP contribution in [0.15, 0.2) is 29.3 Å². The summed E-state index contributed by atoms with van der Waals surface area (Å²) in [5, 5.41) is 7.28. The van der Waals surface area contributed by atoms with Crippen molar-refractivity contribution in [3.63, 3.8) is 0 Å². The quantitative estimate of drug-likeness (QED) is 0.932. The van der Waals surface area contributed by atoms with Gasteiger partial charge in [0.05, 0.1) is 11.9 Å². The van der Waals surface area contributed by atoms with Crippen LogP contribution in [0.4, 0.5) is 5.69 Å². The van der Waals surface area contributed by atoms with Gasteiger partial charge in [-0.25, -0.2) is 4.68 Å². The average molecular weight is 279 g/mol. The van der Waals surface area contributed by atoms with Gasteiger partial charge in [-0.2, -0.15) is 5.10 Å². The van der Waals surface area contributed by atoms with Crippen LogP contribution in [-0.4, -0.2) is 14.8 Å². The third-order valence-electron chi connectivity index (χ3n) is 2.74. The molecule has 1 N–H and O–H groups in total. The molecule has 2 rings (SSSR count). The molecule has 0 aliphatic carbocycles. The number of anilines is 1. The normalized spacial score (nSPS) is 10.5. The van der Waals surface area contributed by atoms with Crippen molar-refractivity contribution in [1.29, 1.82) is 0 Å². The Morgan fingerprint density at radius 2 is 2.16 bits per heavy atom. The van der Waals surface area contributed by atoms with Crippen molar-refractivity contribution >= 4 is 17.3 Å². The first-order chi connectivity index (χ1) is 9.11. The molecule has 0 unspecified atom stereocenters. The lowest BCUT2D eigenvalue weighted by Gasteiger charge is -2.09. The van der Waals surface area contributed by atoms with Gasteiger partial charge in [-0.05, 0) is 25.5 Å². The Hall–Kier alpha value is -1.88. The predicted molar refractivity (Wildman–Crippen MR) is 75.5 cm³/mol. The molecule has 0 saturated heterocycles. The molecule has 2 aromatic rings. The van der Waals surface area contributed by atoms with Crippen molar-refractivity contribution in [2.45, 2.75) is 26.9 Å². The molecule has 0 aromatic carbocycles. The Labute approximate surface area is 116 Å². The van der Waals surface area contributed by atoms with Crippen molar-refractivity contribution in [2.24, 2.45) is 0 Å². The largest absolute Gasteiger partial charge is 0.378 e. The zero-order valence-electron chi connectivity index (χ0n) is 10.9. The zero-order valence-corrected chi connectivity index (χ0v) is 11.6. The molecule has 0 fully saturated rings. The van der Waals surface area contributed by atoms with Crippen LogP contribution >= 0.6 is 11.6 Å². The van der Waals surface area contributed by atoms with E-state index in [0.29, 0.717) is 18.8 Å². The highest BCUT2D eigenvalue weighted by molar-refractivity contribution is 6.32. The Kier molecular flexibility index (Phi) is 4.16. The van der Waals surface area contributed by atoms with Crippen molar-refractivity contribution < 1.29 is 0 Å². The molecule has 0 aliphatic heterocycles. The standard InChI is InChI=1S/C13H15ClN4O/c1-3-18-13(19)12(14)11(8-17-18)16-7-10-5-4-9(2)15-6-10/h4-6,8,16H,3,7H2,1-2H3. The summed E-state index contributed by atoms with van der Waals surface area (Å²) in [6, 6.07) is 3.91. The number of nitrogens with zero attached hydrogens (tertiary/aromatic N) is 3. The van der Waals surface area contributed by atoms with Crippen LogP contribution in [0.5, 0.6) is 0 Å². The van der Waals surface area contributed by atoms with Gasteiger partial charge in [0, 0.05) is 25.0 Å². The lowest BCUT2D eigenvalue weighted by molar-refractivity contribution is 0.616. The molecule has 0 amide bonds. The third-order valence-corrected chi connectivity index (χ3v) is 3.11. The van der Waals surface area contributed by atoms with E-state index in [4.69, 9.17) is 11.6 Å². The van der Waals surface area contributed by atoms with Crippen LogP contribution in [0.25, 0.3) is 0 Å². The van der Waals surface area contributed by atoms with E-state index in [1.54, 1.807) is 12.4 Å². The summed E-state index contributed by atoms with van der Waals surface area (Å²) in [7, 11) is 0. The van der Waals surface area contributed by atoms with E-state index in [-0.39, 0.29) is 10.6 Å². The summed E-state index contributed by atoms with van der Waals surface area (Å²) in [6.45, 7) is 4.82. The minimum Gasteiger partial charge on any atom is -0.378 e. The molecule has 0 saturated carbocycles. The van der Waals surface area contributed by atoms with Gasteiger partial charge in [-0.1, -0.05) is 17.7 Å². The highest BCUT2D eigenvalue weighted by Gasteiger charge is 2.07. The molecule has 6 heteroatoms. The van der Waals surface area contributed by atoms with Crippen molar-refractivity contribution in [2.75, 3.05) is 5.32 Å². The summed E-state index contributed by atoms with van der Waals surface area (Å²) in [4.78, 5) is 16.0. The minimum atomic E-state index is -0.281. The molecule has 2 aromatic heterocycles. The second-order valence-electron chi connectivity index (χ2n) is 4.15. The van der Waals surface area contributed by atoms with Crippen LogP contribution in [0.3, 0.4) is 0 Å². The van der Waals surface area contributed by atoms with Gasteiger partial charge in [0.1, 0.15) is 5.02 Å².